The molecule has 1 aliphatic carbocycles. The van der Waals surface area contributed by atoms with E-state index >= 15 is 0 Å². The van der Waals surface area contributed by atoms with Crippen molar-refractivity contribution in [2.45, 2.75) is 38.6 Å². The Hall–Kier alpha value is -1.51. The Balaban J connectivity index is 1.94. The summed E-state index contributed by atoms with van der Waals surface area (Å²) >= 11 is 0. The van der Waals surface area contributed by atoms with Crippen LogP contribution in [0.3, 0.4) is 0 Å². The lowest BCUT2D eigenvalue weighted by Gasteiger charge is -2.26. The van der Waals surface area contributed by atoms with E-state index in [1.165, 1.54) is 12.0 Å². The highest BCUT2D eigenvalue weighted by molar-refractivity contribution is 5.90. The lowest BCUT2D eigenvalue weighted by atomic mass is 9.93. The molecule has 2 amide bonds. The summed E-state index contributed by atoms with van der Waals surface area (Å²) in [4.78, 5) is 11.7. The number of amides is 2. The van der Waals surface area contributed by atoms with E-state index in [1.807, 2.05) is 24.3 Å². The fraction of sp³-hybridized carbons (Fsp3) is 0.462. The Morgan fingerprint density at radius 2 is 2.12 bits per heavy atom. The van der Waals surface area contributed by atoms with Crippen LogP contribution in [0.1, 0.15) is 31.7 Å². The van der Waals surface area contributed by atoms with Gasteiger partial charge in [-0.3, -0.25) is 0 Å². The maximum atomic E-state index is 11.7. The highest BCUT2D eigenvalue weighted by Crippen LogP contribution is 2.19. The molecule has 1 aliphatic rings. The molecule has 1 aromatic carbocycles. The number of carbonyl (C=O) groups excluding carboxylic acids is 1. The van der Waals surface area contributed by atoms with Crippen LogP contribution in [0.2, 0.25) is 0 Å². The number of hydrogen-bond acceptors (Lipinski definition) is 1. The molecule has 86 valence electrons. The number of urea groups is 1. The number of benzene rings is 1. The lowest BCUT2D eigenvalue weighted by Crippen LogP contribution is -2.41. The number of hydrogen-bond donors (Lipinski definition) is 2. The van der Waals surface area contributed by atoms with Crippen molar-refractivity contribution in [2.24, 2.45) is 0 Å². The van der Waals surface area contributed by atoms with Gasteiger partial charge in [-0.1, -0.05) is 25.1 Å². The minimum Gasteiger partial charge on any atom is -0.335 e. The van der Waals surface area contributed by atoms with Gasteiger partial charge in [0, 0.05) is 11.7 Å². The maximum Gasteiger partial charge on any atom is 0.319 e. The third kappa shape index (κ3) is 2.54. The monoisotopic (exact) mass is 218 g/mol. The summed E-state index contributed by atoms with van der Waals surface area (Å²) in [5.74, 6) is 0. The second-order valence-electron chi connectivity index (χ2n) is 4.24. The number of anilines is 1. The molecule has 3 heteroatoms. The SMILES string of the molecule is CCc1ccccc1NC(=O)NC1CCC1. The molecule has 0 spiro atoms. The molecule has 0 heterocycles. The van der Waals surface area contributed by atoms with Gasteiger partial charge < -0.3 is 10.6 Å². The average Bonchev–Trinajstić information content (AvgIpc) is 2.24. The van der Waals surface area contributed by atoms with Crippen LogP contribution in [0, 0.1) is 0 Å². The number of nitrogens with one attached hydrogen (secondary N) is 2. The van der Waals surface area contributed by atoms with Crippen LogP contribution in [0.4, 0.5) is 10.5 Å². The summed E-state index contributed by atoms with van der Waals surface area (Å²) < 4.78 is 0. The highest BCUT2D eigenvalue weighted by atomic mass is 16.2. The molecule has 0 unspecified atom stereocenters. The minimum absolute atomic E-state index is 0.0781. The smallest absolute Gasteiger partial charge is 0.319 e. The standard InChI is InChI=1S/C13H18N2O/c1-2-10-6-3-4-9-12(10)15-13(16)14-11-7-5-8-11/h3-4,6,9,11H,2,5,7-8H2,1H3,(H2,14,15,16). The fourth-order valence-corrected chi connectivity index (χ4v) is 1.85. The molecular formula is C13H18N2O. The Morgan fingerprint density at radius 3 is 2.75 bits per heavy atom. The zero-order valence-corrected chi connectivity index (χ0v) is 9.62. The van der Waals surface area contributed by atoms with E-state index < -0.39 is 0 Å². The van der Waals surface area contributed by atoms with E-state index in [0.29, 0.717) is 6.04 Å². The van der Waals surface area contributed by atoms with Crippen LogP contribution in [-0.4, -0.2) is 12.1 Å². The highest BCUT2D eigenvalue weighted by Gasteiger charge is 2.19. The molecule has 1 aromatic rings. The summed E-state index contributed by atoms with van der Waals surface area (Å²) in [5.41, 5.74) is 2.09. The molecule has 1 fully saturated rings. The molecule has 0 saturated heterocycles. The summed E-state index contributed by atoms with van der Waals surface area (Å²) in [6.07, 6.45) is 4.39. The predicted octanol–water partition coefficient (Wildman–Crippen LogP) is 2.92. The van der Waals surface area contributed by atoms with Crippen molar-refractivity contribution in [2.75, 3.05) is 5.32 Å². The molecule has 2 rings (SSSR count). The quantitative estimate of drug-likeness (QED) is 0.804. The van der Waals surface area contributed by atoms with Crippen molar-refractivity contribution < 1.29 is 4.79 Å². The molecular weight excluding hydrogens is 200 g/mol. The van der Waals surface area contributed by atoms with Crippen molar-refractivity contribution >= 4 is 11.7 Å². The average molecular weight is 218 g/mol. The van der Waals surface area contributed by atoms with Gasteiger partial charge >= 0.3 is 6.03 Å². The third-order valence-electron chi connectivity index (χ3n) is 3.09. The van der Waals surface area contributed by atoms with Crippen molar-refractivity contribution in [3.63, 3.8) is 0 Å². The van der Waals surface area contributed by atoms with Gasteiger partial charge in [-0.25, -0.2) is 4.79 Å². The van der Waals surface area contributed by atoms with E-state index in [0.717, 1.165) is 24.9 Å². The first-order valence-corrected chi connectivity index (χ1v) is 5.95. The second-order valence-corrected chi connectivity index (χ2v) is 4.24. The Bertz CT molecular complexity index is 372. The fourth-order valence-electron chi connectivity index (χ4n) is 1.85. The van der Waals surface area contributed by atoms with E-state index in [9.17, 15) is 4.79 Å². The molecule has 16 heavy (non-hydrogen) atoms. The summed E-state index contributed by atoms with van der Waals surface area (Å²) in [6.45, 7) is 2.09. The van der Waals surface area contributed by atoms with E-state index in [-0.39, 0.29) is 6.03 Å². The molecule has 1 saturated carbocycles. The summed E-state index contributed by atoms with van der Waals surface area (Å²) in [6, 6.07) is 8.23. The lowest BCUT2D eigenvalue weighted by molar-refractivity contribution is 0.240. The van der Waals surface area contributed by atoms with Crippen LogP contribution >= 0.6 is 0 Å². The number of carbonyl (C=O) groups is 1. The first-order valence-electron chi connectivity index (χ1n) is 5.95. The van der Waals surface area contributed by atoms with Crippen molar-refractivity contribution in [3.05, 3.63) is 29.8 Å². The Kier molecular flexibility index (Phi) is 3.44. The van der Waals surface area contributed by atoms with Gasteiger partial charge in [0.05, 0.1) is 0 Å². The molecule has 0 bridgehead atoms. The second kappa shape index (κ2) is 5.01. The van der Waals surface area contributed by atoms with Gasteiger partial charge in [-0.2, -0.15) is 0 Å². The van der Waals surface area contributed by atoms with Gasteiger partial charge in [0.2, 0.25) is 0 Å². The van der Waals surface area contributed by atoms with Crippen LogP contribution in [-0.2, 0) is 6.42 Å². The van der Waals surface area contributed by atoms with Gasteiger partial charge in [-0.15, -0.1) is 0 Å². The normalized spacial score (nSPS) is 15.3. The molecule has 3 nitrogen and oxygen atoms in total. The topological polar surface area (TPSA) is 41.1 Å². The number of para-hydroxylation sites is 1. The first kappa shape index (κ1) is 11.0. The molecule has 0 aliphatic heterocycles. The molecule has 2 N–H and O–H groups in total. The summed E-state index contributed by atoms with van der Waals surface area (Å²) in [7, 11) is 0. The van der Waals surface area contributed by atoms with Crippen molar-refractivity contribution in [3.8, 4) is 0 Å². The van der Waals surface area contributed by atoms with E-state index in [4.69, 9.17) is 0 Å². The van der Waals surface area contributed by atoms with Gasteiger partial charge in [0.25, 0.3) is 0 Å². The Labute approximate surface area is 96.2 Å². The summed E-state index contributed by atoms with van der Waals surface area (Å²) in [5, 5.41) is 5.88. The maximum absolute atomic E-state index is 11.7. The van der Waals surface area contributed by atoms with Crippen molar-refractivity contribution in [1.29, 1.82) is 0 Å². The van der Waals surface area contributed by atoms with Crippen LogP contribution in [0.15, 0.2) is 24.3 Å². The van der Waals surface area contributed by atoms with Crippen molar-refractivity contribution in [1.82, 2.24) is 5.32 Å². The van der Waals surface area contributed by atoms with Crippen LogP contribution < -0.4 is 10.6 Å². The predicted molar refractivity (Wildman–Crippen MR) is 65.6 cm³/mol. The largest absolute Gasteiger partial charge is 0.335 e. The zero-order chi connectivity index (χ0) is 11.4. The zero-order valence-electron chi connectivity index (χ0n) is 9.62. The van der Waals surface area contributed by atoms with E-state index in [1.54, 1.807) is 0 Å². The molecule has 0 radical (unpaired) electrons. The van der Waals surface area contributed by atoms with Gasteiger partial charge in [-0.05, 0) is 37.3 Å². The van der Waals surface area contributed by atoms with E-state index in [2.05, 4.69) is 17.6 Å². The van der Waals surface area contributed by atoms with Gasteiger partial charge in [0.1, 0.15) is 0 Å². The molecule has 0 atom stereocenters. The first-order chi connectivity index (χ1) is 7.79. The molecule has 0 aromatic heterocycles. The van der Waals surface area contributed by atoms with Gasteiger partial charge in [0.15, 0.2) is 0 Å². The third-order valence-corrected chi connectivity index (χ3v) is 3.09. The number of rotatable bonds is 3. The van der Waals surface area contributed by atoms with Crippen LogP contribution in [0.5, 0.6) is 0 Å². The minimum atomic E-state index is -0.0781. The Morgan fingerprint density at radius 1 is 1.38 bits per heavy atom. The number of aryl methyl sites for hydroxylation is 1. The van der Waals surface area contributed by atoms with Crippen LogP contribution in [0.25, 0.3) is 0 Å².